The summed E-state index contributed by atoms with van der Waals surface area (Å²) < 4.78 is 0. The highest BCUT2D eigenvalue weighted by Gasteiger charge is 2.42. The first-order chi connectivity index (χ1) is 22.3. The van der Waals surface area contributed by atoms with E-state index in [-0.39, 0.29) is 54.0 Å². The Balaban J connectivity index is 1.13. The normalized spacial score (nSPS) is 26.4. The highest BCUT2D eigenvalue weighted by atomic mass is 32.2. The molecule has 10 nitrogen and oxygen atoms in total. The van der Waals surface area contributed by atoms with Crippen molar-refractivity contribution in [3.63, 3.8) is 0 Å². The van der Waals surface area contributed by atoms with E-state index >= 15 is 0 Å². The molecule has 0 aromatic carbocycles. The SMILES string of the molecule is CCCCC[C@H](O)/C=C/[C@H]1C(O)CC(=O)C1C/C=C\CCCC(=O)NCCCCCNC(=O)CCCC[C@H]1SC[C@@H]2NC(=O)N[C@@H]21. The fourth-order valence-corrected chi connectivity index (χ4v) is 8.10. The zero-order valence-electron chi connectivity index (χ0n) is 27.7. The molecule has 0 radical (unpaired) electrons. The third kappa shape index (κ3) is 13.8. The van der Waals surface area contributed by atoms with Crippen LogP contribution in [-0.2, 0) is 14.4 Å². The zero-order chi connectivity index (χ0) is 33.1. The van der Waals surface area contributed by atoms with Crippen LogP contribution in [0.2, 0.25) is 0 Å². The van der Waals surface area contributed by atoms with Crippen LogP contribution in [0.3, 0.4) is 0 Å². The molecule has 4 amide bonds. The maximum atomic E-state index is 12.4. The molecule has 0 aromatic rings. The van der Waals surface area contributed by atoms with Crippen molar-refractivity contribution in [3.05, 3.63) is 24.3 Å². The Bertz CT molecular complexity index is 1020. The molecule has 7 atom stereocenters. The summed E-state index contributed by atoms with van der Waals surface area (Å²) in [6, 6.07) is 0.407. The average Bonchev–Trinajstić information content (AvgIpc) is 3.66. The zero-order valence-corrected chi connectivity index (χ0v) is 28.5. The van der Waals surface area contributed by atoms with Gasteiger partial charge in [0.2, 0.25) is 11.8 Å². The van der Waals surface area contributed by atoms with E-state index in [2.05, 4.69) is 28.2 Å². The number of amides is 4. The molecule has 2 saturated heterocycles. The Morgan fingerprint density at radius 2 is 1.70 bits per heavy atom. The van der Waals surface area contributed by atoms with Gasteiger partial charge in [-0.2, -0.15) is 11.8 Å². The lowest BCUT2D eigenvalue weighted by Crippen LogP contribution is -2.36. The number of hydrogen-bond acceptors (Lipinski definition) is 7. The first kappa shape index (κ1) is 38.1. The molecule has 6 N–H and O–H groups in total. The second kappa shape index (κ2) is 21.5. The molecule has 2 aliphatic heterocycles. The molecule has 2 unspecified atom stereocenters. The van der Waals surface area contributed by atoms with Crippen LogP contribution in [0.1, 0.15) is 110 Å². The molecule has 46 heavy (non-hydrogen) atoms. The van der Waals surface area contributed by atoms with Crippen molar-refractivity contribution in [2.45, 2.75) is 139 Å². The number of fused-ring (bicyclic) bond motifs is 1. The van der Waals surface area contributed by atoms with Crippen molar-refractivity contribution in [2.24, 2.45) is 11.8 Å². The number of allylic oxidation sites excluding steroid dienone is 2. The van der Waals surface area contributed by atoms with Gasteiger partial charge in [0.25, 0.3) is 0 Å². The number of carbonyl (C=O) groups is 4. The number of rotatable bonds is 23. The summed E-state index contributed by atoms with van der Waals surface area (Å²) in [5, 5.41) is 32.9. The van der Waals surface area contributed by atoms with Gasteiger partial charge in [-0.05, 0) is 57.8 Å². The minimum atomic E-state index is -0.694. The number of carbonyl (C=O) groups excluding carboxylic acids is 4. The third-order valence-corrected chi connectivity index (χ3v) is 10.8. The number of aliphatic hydroxyl groups excluding tert-OH is 2. The maximum Gasteiger partial charge on any atom is 0.315 e. The van der Waals surface area contributed by atoms with E-state index in [9.17, 15) is 29.4 Å². The van der Waals surface area contributed by atoms with Gasteiger partial charge in [0.05, 0.1) is 24.3 Å². The van der Waals surface area contributed by atoms with Gasteiger partial charge in [0.15, 0.2) is 0 Å². The summed E-state index contributed by atoms with van der Waals surface area (Å²) in [5.41, 5.74) is 0. The minimum Gasteiger partial charge on any atom is -0.392 e. The highest BCUT2D eigenvalue weighted by Crippen LogP contribution is 2.34. The average molecular weight is 663 g/mol. The van der Waals surface area contributed by atoms with E-state index in [1.165, 1.54) is 0 Å². The van der Waals surface area contributed by atoms with Crippen molar-refractivity contribution < 1.29 is 29.4 Å². The Morgan fingerprint density at radius 3 is 2.43 bits per heavy atom. The van der Waals surface area contributed by atoms with Gasteiger partial charge in [0, 0.05) is 55.2 Å². The van der Waals surface area contributed by atoms with Gasteiger partial charge in [-0.15, -0.1) is 0 Å². The fourth-order valence-electron chi connectivity index (χ4n) is 6.56. The van der Waals surface area contributed by atoms with Crippen molar-refractivity contribution in [3.8, 4) is 0 Å². The predicted molar refractivity (Wildman–Crippen MR) is 183 cm³/mol. The number of Topliss-reactive ketones (excluding diaryl/α,β-unsaturated/α-hetero) is 1. The maximum absolute atomic E-state index is 12.4. The summed E-state index contributed by atoms with van der Waals surface area (Å²) >= 11 is 1.90. The van der Waals surface area contributed by atoms with Gasteiger partial charge in [0.1, 0.15) is 5.78 Å². The molecule has 2 heterocycles. The molecule has 0 spiro atoms. The van der Waals surface area contributed by atoms with Crippen LogP contribution in [0.25, 0.3) is 0 Å². The van der Waals surface area contributed by atoms with Crippen molar-refractivity contribution in [1.82, 2.24) is 21.3 Å². The van der Waals surface area contributed by atoms with Crippen LogP contribution < -0.4 is 21.3 Å². The van der Waals surface area contributed by atoms with Crippen LogP contribution in [-0.4, -0.2) is 82.2 Å². The van der Waals surface area contributed by atoms with Gasteiger partial charge in [-0.3, -0.25) is 14.4 Å². The Hall–Kier alpha value is -2.37. The van der Waals surface area contributed by atoms with E-state index in [4.69, 9.17) is 0 Å². The summed E-state index contributed by atoms with van der Waals surface area (Å²) in [6.07, 6.45) is 18.9. The molecule has 3 fully saturated rings. The second-order valence-corrected chi connectivity index (χ2v) is 14.4. The lowest BCUT2D eigenvalue weighted by molar-refractivity contribution is -0.122. The largest absolute Gasteiger partial charge is 0.392 e. The van der Waals surface area contributed by atoms with Crippen LogP contribution in [0.4, 0.5) is 4.79 Å². The lowest BCUT2D eigenvalue weighted by Gasteiger charge is -2.16. The van der Waals surface area contributed by atoms with E-state index < -0.39 is 12.2 Å². The molecule has 0 bridgehead atoms. The van der Waals surface area contributed by atoms with Crippen molar-refractivity contribution in [1.29, 1.82) is 0 Å². The van der Waals surface area contributed by atoms with Crippen molar-refractivity contribution in [2.75, 3.05) is 18.8 Å². The molecule has 11 heteroatoms. The van der Waals surface area contributed by atoms with Gasteiger partial charge < -0.3 is 31.5 Å². The third-order valence-electron chi connectivity index (χ3n) is 9.30. The Kier molecular flexibility index (Phi) is 17.8. The number of aliphatic hydroxyl groups is 2. The first-order valence-corrected chi connectivity index (χ1v) is 18.8. The smallest absolute Gasteiger partial charge is 0.315 e. The van der Waals surface area contributed by atoms with Gasteiger partial charge in [-0.25, -0.2) is 4.79 Å². The quantitative estimate of drug-likeness (QED) is 0.0541. The molecule has 260 valence electrons. The number of ketones is 1. The number of urea groups is 1. The molecule has 1 saturated carbocycles. The molecule has 3 aliphatic rings. The fraction of sp³-hybridized carbons (Fsp3) is 0.771. The summed E-state index contributed by atoms with van der Waals surface area (Å²) in [6.45, 7) is 3.41. The van der Waals surface area contributed by atoms with E-state index in [0.29, 0.717) is 44.0 Å². The minimum absolute atomic E-state index is 0.0385. The van der Waals surface area contributed by atoms with E-state index in [1.807, 2.05) is 30.0 Å². The molecule has 1 aliphatic carbocycles. The standard InChI is InChI=1S/C35H58N4O6S/c1-2-3-7-14-25(40)19-20-27-26(29(41)23-30(27)42)15-8-4-5-9-17-32(43)36-21-12-6-13-22-37-33(44)18-11-10-16-31-34-28(24-46-31)38-35(45)39-34/h4,8,19-20,25-28,30-31,34,40,42H,2-3,5-7,9-18,21-24H2,1H3,(H,36,43)(H,37,44)(H2,38,39,45)/b8-4-,20-19+/t25-,26?,27+,28-,30?,31+,34-/m0/s1. The van der Waals surface area contributed by atoms with E-state index in [1.54, 1.807) is 6.08 Å². The van der Waals surface area contributed by atoms with Crippen LogP contribution in [0.5, 0.6) is 0 Å². The summed E-state index contributed by atoms with van der Waals surface area (Å²) in [5.74, 6) is 0.628. The Morgan fingerprint density at radius 1 is 0.957 bits per heavy atom. The molecular weight excluding hydrogens is 604 g/mol. The second-order valence-electron chi connectivity index (χ2n) is 13.1. The molecule has 0 aromatic heterocycles. The number of hydrogen-bond donors (Lipinski definition) is 6. The number of nitrogens with one attached hydrogen (secondary N) is 4. The van der Waals surface area contributed by atoms with Crippen LogP contribution >= 0.6 is 11.8 Å². The van der Waals surface area contributed by atoms with Gasteiger partial charge >= 0.3 is 6.03 Å². The monoisotopic (exact) mass is 662 g/mol. The summed E-state index contributed by atoms with van der Waals surface area (Å²) in [4.78, 5) is 48.2. The predicted octanol–water partition coefficient (Wildman–Crippen LogP) is 4.30. The van der Waals surface area contributed by atoms with Crippen molar-refractivity contribution >= 4 is 35.4 Å². The number of unbranched alkanes of at least 4 members (excludes halogenated alkanes) is 6. The van der Waals surface area contributed by atoms with Crippen LogP contribution in [0.15, 0.2) is 24.3 Å². The molecule has 3 rings (SSSR count). The lowest BCUT2D eigenvalue weighted by atomic mass is 9.90. The Labute approximate surface area is 279 Å². The first-order valence-electron chi connectivity index (χ1n) is 17.7. The highest BCUT2D eigenvalue weighted by molar-refractivity contribution is 8.00. The molecular formula is C35H58N4O6S. The van der Waals surface area contributed by atoms with Gasteiger partial charge in [-0.1, -0.05) is 56.9 Å². The number of thioether (sulfide) groups is 1. The topological polar surface area (TPSA) is 157 Å². The summed E-state index contributed by atoms with van der Waals surface area (Å²) in [7, 11) is 0. The van der Waals surface area contributed by atoms with E-state index in [0.717, 1.165) is 76.4 Å². The van der Waals surface area contributed by atoms with Crippen LogP contribution in [0, 0.1) is 11.8 Å².